The van der Waals surface area contributed by atoms with Gasteiger partial charge in [0.25, 0.3) is 0 Å². The highest BCUT2D eigenvalue weighted by molar-refractivity contribution is 4.72. The quantitative estimate of drug-likeness (QED) is 0.430. The van der Waals surface area contributed by atoms with Gasteiger partial charge in [-0.15, -0.1) is 0 Å². The monoisotopic (exact) mass is 129 g/mol. The zero-order chi connectivity index (χ0) is 6.53. The van der Waals surface area contributed by atoms with Crippen LogP contribution < -0.4 is 16.4 Å². The van der Waals surface area contributed by atoms with E-state index in [0.29, 0.717) is 12.7 Å². The third-order valence-electron chi connectivity index (χ3n) is 1.75. The maximum absolute atomic E-state index is 5.33. The summed E-state index contributed by atoms with van der Waals surface area (Å²) in [6.45, 7) is 2.89. The summed E-state index contributed by atoms with van der Waals surface area (Å²) >= 11 is 0. The topological polar surface area (TPSA) is 50.1 Å². The summed E-state index contributed by atoms with van der Waals surface area (Å²) in [5.74, 6) is 0. The Morgan fingerprint density at radius 1 is 1.44 bits per heavy atom. The molecule has 9 heavy (non-hydrogen) atoms. The first kappa shape index (κ1) is 6.99. The fourth-order valence-corrected chi connectivity index (χ4v) is 1.19. The average Bonchev–Trinajstić information content (AvgIpc) is 1.91. The van der Waals surface area contributed by atoms with E-state index in [1.54, 1.807) is 0 Å². The minimum absolute atomic E-state index is 0.616. The molecule has 0 aromatic carbocycles. The van der Waals surface area contributed by atoms with E-state index in [-0.39, 0.29) is 0 Å². The molecule has 0 aromatic rings. The molecule has 0 aliphatic carbocycles. The highest BCUT2D eigenvalue weighted by Crippen LogP contribution is 1.99. The van der Waals surface area contributed by atoms with Crippen molar-refractivity contribution < 1.29 is 0 Å². The Bertz CT molecular complexity index is 65.9. The smallest absolute Gasteiger partial charge is 0.0430 e. The molecule has 54 valence electrons. The van der Waals surface area contributed by atoms with Crippen LogP contribution in [-0.4, -0.2) is 25.8 Å². The Morgan fingerprint density at radius 2 is 2.11 bits per heavy atom. The van der Waals surface area contributed by atoms with Crippen molar-refractivity contribution >= 4 is 0 Å². The van der Waals surface area contributed by atoms with Crippen LogP contribution in [-0.2, 0) is 0 Å². The van der Waals surface area contributed by atoms with E-state index < -0.39 is 0 Å². The summed E-state index contributed by atoms with van der Waals surface area (Å²) in [4.78, 5) is 0. The van der Waals surface area contributed by atoms with Gasteiger partial charge in [0.05, 0.1) is 0 Å². The Hall–Kier alpha value is -0.120. The molecule has 3 nitrogen and oxygen atoms in total. The van der Waals surface area contributed by atoms with Gasteiger partial charge in [-0.25, -0.2) is 0 Å². The number of nitrogens with two attached hydrogens (primary N) is 1. The zero-order valence-electron chi connectivity index (χ0n) is 5.69. The number of rotatable bonds is 2. The summed E-state index contributed by atoms with van der Waals surface area (Å²) < 4.78 is 0. The van der Waals surface area contributed by atoms with E-state index in [0.717, 1.165) is 13.1 Å². The summed E-state index contributed by atoms with van der Waals surface area (Å²) in [7, 11) is 0. The van der Waals surface area contributed by atoms with E-state index in [1.807, 2.05) is 0 Å². The summed E-state index contributed by atoms with van der Waals surface area (Å²) in [6.07, 6.45) is 2.44. The van der Waals surface area contributed by atoms with Crippen molar-refractivity contribution in [3.63, 3.8) is 0 Å². The van der Waals surface area contributed by atoms with Crippen molar-refractivity contribution in [1.82, 2.24) is 10.6 Å². The van der Waals surface area contributed by atoms with E-state index in [4.69, 9.17) is 5.73 Å². The van der Waals surface area contributed by atoms with Gasteiger partial charge in [0.1, 0.15) is 0 Å². The van der Waals surface area contributed by atoms with Gasteiger partial charge in [0.2, 0.25) is 0 Å². The van der Waals surface area contributed by atoms with Crippen LogP contribution in [0.4, 0.5) is 0 Å². The van der Waals surface area contributed by atoms with Crippen molar-refractivity contribution in [3.05, 3.63) is 0 Å². The lowest BCUT2D eigenvalue weighted by atomic mass is 10.1. The van der Waals surface area contributed by atoms with Gasteiger partial charge in [0, 0.05) is 12.7 Å². The molecule has 0 bridgehead atoms. The van der Waals surface area contributed by atoms with Crippen LogP contribution in [0.3, 0.4) is 0 Å². The van der Waals surface area contributed by atoms with Crippen LogP contribution in [0.25, 0.3) is 0 Å². The molecule has 0 radical (unpaired) electrons. The van der Waals surface area contributed by atoms with Crippen LogP contribution in [0.15, 0.2) is 0 Å². The Morgan fingerprint density at radius 3 is 2.67 bits per heavy atom. The van der Waals surface area contributed by atoms with Crippen molar-refractivity contribution in [2.24, 2.45) is 5.73 Å². The predicted molar refractivity (Wildman–Crippen MR) is 38.1 cm³/mol. The normalized spacial score (nSPS) is 22.3. The zero-order valence-corrected chi connectivity index (χ0v) is 5.69. The highest BCUT2D eigenvalue weighted by atomic mass is 15.0. The largest absolute Gasteiger partial charge is 0.318 e. The van der Waals surface area contributed by atoms with Crippen LogP contribution in [0.2, 0.25) is 0 Å². The van der Waals surface area contributed by atoms with Gasteiger partial charge in [-0.3, -0.25) is 0 Å². The lowest BCUT2D eigenvalue weighted by molar-refractivity contribution is 0.392. The van der Waals surface area contributed by atoms with Gasteiger partial charge < -0.3 is 16.4 Å². The first-order valence-electron chi connectivity index (χ1n) is 3.57. The summed E-state index contributed by atoms with van der Waals surface area (Å²) in [5.41, 5.74) is 5.33. The van der Waals surface area contributed by atoms with E-state index in [1.165, 1.54) is 12.8 Å². The molecule has 1 rings (SSSR count). The molecule has 3 heteroatoms. The van der Waals surface area contributed by atoms with Crippen LogP contribution in [0.1, 0.15) is 12.8 Å². The molecule has 4 N–H and O–H groups in total. The Balaban J connectivity index is 2.08. The molecular weight excluding hydrogens is 114 g/mol. The van der Waals surface area contributed by atoms with Gasteiger partial charge in [0.15, 0.2) is 0 Å². The SMILES string of the molecule is NCNC1CCNCC1. The second-order valence-electron chi connectivity index (χ2n) is 2.43. The second kappa shape index (κ2) is 3.82. The van der Waals surface area contributed by atoms with Gasteiger partial charge in [-0.2, -0.15) is 0 Å². The molecule has 0 amide bonds. The number of piperidine rings is 1. The van der Waals surface area contributed by atoms with Crippen molar-refractivity contribution in [3.8, 4) is 0 Å². The Labute approximate surface area is 56.0 Å². The molecule has 0 unspecified atom stereocenters. The maximum atomic E-state index is 5.33. The van der Waals surface area contributed by atoms with Crippen molar-refractivity contribution in [2.45, 2.75) is 18.9 Å². The van der Waals surface area contributed by atoms with Gasteiger partial charge in [-0.1, -0.05) is 0 Å². The van der Waals surface area contributed by atoms with E-state index in [2.05, 4.69) is 10.6 Å². The molecule has 0 aromatic heterocycles. The minimum Gasteiger partial charge on any atom is -0.318 e. The summed E-state index contributed by atoms with van der Waals surface area (Å²) in [5, 5.41) is 6.51. The molecule has 1 heterocycles. The minimum atomic E-state index is 0.616. The molecular formula is C6H15N3. The van der Waals surface area contributed by atoms with Crippen LogP contribution >= 0.6 is 0 Å². The maximum Gasteiger partial charge on any atom is 0.0430 e. The molecule has 1 aliphatic rings. The van der Waals surface area contributed by atoms with Crippen LogP contribution in [0, 0.1) is 0 Å². The lowest BCUT2D eigenvalue weighted by Crippen LogP contribution is -2.42. The molecule has 0 saturated carbocycles. The van der Waals surface area contributed by atoms with E-state index in [9.17, 15) is 0 Å². The van der Waals surface area contributed by atoms with Gasteiger partial charge >= 0.3 is 0 Å². The number of hydrogen-bond donors (Lipinski definition) is 3. The van der Waals surface area contributed by atoms with Gasteiger partial charge in [-0.05, 0) is 25.9 Å². The standard InChI is InChI=1S/C6H15N3/c7-5-9-6-1-3-8-4-2-6/h6,8-9H,1-5,7H2. The molecule has 0 atom stereocenters. The van der Waals surface area contributed by atoms with Crippen molar-refractivity contribution in [1.29, 1.82) is 0 Å². The first-order valence-corrected chi connectivity index (χ1v) is 3.57. The molecule has 1 saturated heterocycles. The molecule has 1 aliphatic heterocycles. The Kier molecular flexibility index (Phi) is 2.97. The second-order valence-corrected chi connectivity index (χ2v) is 2.43. The third kappa shape index (κ3) is 2.30. The average molecular weight is 129 g/mol. The lowest BCUT2D eigenvalue weighted by Gasteiger charge is -2.22. The fraction of sp³-hybridized carbons (Fsp3) is 1.00. The molecule has 0 spiro atoms. The molecule has 1 fully saturated rings. The predicted octanol–water partition coefficient (Wildman–Crippen LogP) is -0.756. The highest BCUT2D eigenvalue weighted by Gasteiger charge is 2.09. The number of hydrogen-bond acceptors (Lipinski definition) is 3. The fourth-order valence-electron chi connectivity index (χ4n) is 1.19. The van der Waals surface area contributed by atoms with Crippen molar-refractivity contribution in [2.75, 3.05) is 19.8 Å². The number of nitrogens with one attached hydrogen (secondary N) is 2. The van der Waals surface area contributed by atoms with E-state index >= 15 is 0 Å². The van der Waals surface area contributed by atoms with Crippen LogP contribution in [0.5, 0.6) is 0 Å². The third-order valence-corrected chi connectivity index (χ3v) is 1.75. The first-order chi connectivity index (χ1) is 4.43. The summed E-state index contributed by atoms with van der Waals surface area (Å²) in [6, 6.07) is 0.663.